The van der Waals surface area contributed by atoms with Crippen LogP contribution in [-0.4, -0.2) is 5.78 Å². The molecular formula is C16H18O2. The fourth-order valence-electron chi connectivity index (χ4n) is 1.91. The van der Waals surface area contributed by atoms with Crippen molar-refractivity contribution < 1.29 is 9.21 Å². The van der Waals surface area contributed by atoms with Gasteiger partial charge in [0.2, 0.25) is 0 Å². The molecule has 2 rings (SSSR count). The molecule has 2 aromatic rings. The highest BCUT2D eigenvalue weighted by Crippen LogP contribution is 2.24. The van der Waals surface area contributed by atoms with Crippen molar-refractivity contribution in [3.05, 3.63) is 47.7 Å². The third kappa shape index (κ3) is 2.89. The molecular weight excluding hydrogens is 224 g/mol. The van der Waals surface area contributed by atoms with E-state index in [2.05, 4.69) is 38.1 Å². The van der Waals surface area contributed by atoms with Crippen molar-refractivity contribution in [3.8, 4) is 11.3 Å². The molecule has 2 nitrogen and oxygen atoms in total. The first kappa shape index (κ1) is 12.6. The van der Waals surface area contributed by atoms with E-state index < -0.39 is 0 Å². The molecule has 0 spiro atoms. The summed E-state index contributed by atoms with van der Waals surface area (Å²) < 4.78 is 5.66. The van der Waals surface area contributed by atoms with Gasteiger partial charge in [-0.25, -0.2) is 0 Å². The maximum atomic E-state index is 11.0. The largest absolute Gasteiger partial charge is 0.461 e. The molecule has 0 amide bonds. The predicted molar refractivity (Wildman–Crippen MR) is 72.6 cm³/mol. The number of rotatable bonds is 4. The van der Waals surface area contributed by atoms with E-state index in [9.17, 15) is 4.79 Å². The SMILES string of the molecule is CC(=O)Cc1ccc(-c2ccc(C(C)C)cc2)o1. The normalized spacial score (nSPS) is 10.9. The Labute approximate surface area is 108 Å². The molecule has 1 heterocycles. The monoisotopic (exact) mass is 242 g/mol. The van der Waals surface area contributed by atoms with Crippen LogP contribution in [0.5, 0.6) is 0 Å². The molecule has 18 heavy (non-hydrogen) atoms. The summed E-state index contributed by atoms with van der Waals surface area (Å²) in [6.07, 6.45) is 0.365. The average molecular weight is 242 g/mol. The van der Waals surface area contributed by atoms with Crippen LogP contribution in [-0.2, 0) is 11.2 Å². The molecule has 0 radical (unpaired) electrons. The van der Waals surface area contributed by atoms with Gasteiger partial charge in [-0.15, -0.1) is 0 Å². The standard InChI is InChI=1S/C16H18O2/c1-11(2)13-4-6-14(7-5-13)16-9-8-15(18-16)10-12(3)17/h4-9,11H,10H2,1-3H3. The fraction of sp³-hybridized carbons (Fsp3) is 0.312. The Morgan fingerprint density at radius 3 is 2.33 bits per heavy atom. The van der Waals surface area contributed by atoms with Crippen LogP contribution in [0.3, 0.4) is 0 Å². The average Bonchev–Trinajstić information content (AvgIpc) is 2.76. The molecule has 0 saturated heterocycles. The molecule has 1 aromatic heterocycles. The maximum absolute atomic E-state index is 11.0. The number of carbonyl (C=O) groups is 1. The molecule has 0 unspecified atom stereocenters. The lowest BCUT2D eigenvalue weighted by Crippen LogP contribution is -1.93. The summed E-state index contributed by atoms with van der Waals surface area (Å²) in [4.78, 5) is 11.0. The smallest absolute Gasteiger partial charge is 0.137 e. The minimum absolute atomic E-state index is 0.117. The van der Waals surface area contributed by atoms with E-state index in [4.69, 9.17) is 4.42 Å². The van der Waals surface area contributed by atoms with E-state index in [1.807, 2.05) is 12.1 Å². The highest BCUT2D eigenvalue weighted by atomic mass is 16.3. The van der Waals surface area contributed by atoms with E-state index in [1.54, 1.807) is 6.92 Å². The van der Waals surface area contributed by atoms with Crippen LogP contribution in [0.2, 0.25) is 0 Å². The van der Waals surface area contributed by atoms with Crippen molar-refractivity contribution in [1.82, 2.24) is 0 Å². The molecule has 2 heteroatoms. The van der Waals surface area contributed by atoms with Gasteiger partial charge in [-0.05, 0) is 30.5 Å². The third-order valence-electron chi connectivity index (χ3n) is 2.95. The molecule has 0 aliphatic heterocycles. The van der Waals surface area contributed by atoms with Gasteiger partial charge in [0.1, 0.15) is 17.3 Å². The Balaban J connectivity index is 2.20. The second-order valence-electron chi connectivity index (χ2n) is 4.92. The van der Waals surface area contributed by atoms with E-state index in [-0.39, 0.29) is 5.78 Å². The first-order valence-corrected chi connectivity index (χ1v) is 6.24. The summed E-state index contributed by atoms with van der Waals surface area (Å²) in [5.41, 5.74) is 2.36. The first-order chi connectivity index (χ1) is 8.56. The van der Waals surface area contributed by atoms with Crippen LogP contribution >= 0.6 is 0 Å². The van der Waals surface area contributed by atoms with Gasteiger partial charge < -0.3 is 4.42 Å². The van der Waals surface area contributed by atoms with E-state index >= 15 is 0 Å². The van der Waals surface area contributed by atoms with Crippen LogP contribution in [0.25, 0.3) is 11.3 Å². The van der Waals surface area contributed by atoms with Crippen molar-refractivity contribution in [2.75, 3.05) is 0 Å². The van der Waals surface area contributed by atoms with Crippen LogP contribution in [0.4, 0.5) is 0 Å². The van der Waals surface area contributed by atoms with Crippen molar-refractivity contribution in [2.45, 2.75) is 33.1 Å². The minimum atomic E-state index is 0.117. The Hall–Kier alpha value is -1.83. The fourth-order valence-corrected chi connectivity index (χ4v) is 1.91. The van der Waals surface area contributed by atoms with Crippen LogP contribution in [0, 0.1) is 0 Å². The lowest BCUT2D eigenvalue weighted by molar-refractivity contribution is -0.116. The van der Waals surface area contributed by atoms with Gasteiger partial charge >= 0.3 is 0 Å². The summed E-state index contributed by atoms with van der Waals surface area (Å²) in [5, 5.41) is 0. The van der Waals surface area contributed by atoms with Crippen molar-refractivity contribution >= 4 is 5.78 Å². The van der Waals surface area contributed by atoms with Gasteiger partial charge in [-0.3, -0.25) is 4.79 Å². The number of furan rings is 1. The molecule has 0 N–H and O–H groups in total. The summed E-state index contributed by atoms with van der Waals surface area (Å²) in [6, 6.07) is 12.1. The zero-order chi connectivity index (χ0) is 13.1. The van der Waals surface area contributed by atoms with Crippen LogP contribution < -0.4 is 0 Å². The second kappa shape index (κ2) is 5.21. The summed E-state index contributed by atoms with van der Waals surface area (Å²) in [6.45, 7) is 5.92. The Bertz CT molecular complexity index is 532. The molecule has 0 aliphatic rings. The van der Waals surface area contributed by atoms with E-state index in [1.165, 1.54) is 5.56 Å². The Kier molecular flexibility index (Phi) is 3.66. The lowest BCUT2D eigenvalue weighted by atomic mass is 10.0. The van der Waals surface area contributed by atoms with Gasteiger partial charge in [-0.2, -0.15) is 0 Å². The van der Waals surface area contributed by atoms with Crippen LogP contribution in [0.15, 0.2) is 40.8 Å². The quantitative estimate of drug-likeness (QED) is 0.804. The highest BCUT2D eigenvalue weighted by Gasteiger charge is 2.07. The topological polar surface area (TPSA) is 30.2 Å². The highest BCUT2D eigenvalue weighted by molar-refractivity contribution is 5.77. The van der Waals surface area contributed by atoms with Gasteiger partial charge in [0, 0.05) is 5.56 Å². The van der Waals surface area contributed by atoms with Crippen LogP contribution in [0.1, 0.15) is 38.0 Å². The molecule has 0 aliphatic carbocycles. The number of carbonyl (C=O) groups excluding carboxylic acids is 1. The van der Waals surface area contributed by atoms with Crippen molar-refractivity contribution in [1.29, 1.82) is 0 Å². The zero-order valence-corrected chi connectivity index (χ0v) is 11.1. The predicted octanol–water partition coefficient (Wildman–Crippen LogP) is 4.20. The Morgan fingerprint density at radius 1 is 1.11 bits per heavy atom. The van der Waals surface area contributed by atoms with Crippen molar-refractivity contribution in [2.24, 2.45) is 0 Å². The summed E-state index contributed by atoms with van der Waals surface area (Å²) in [5.74, 6) is 2.20. The molecule has 0 atom stereocenters. The van der Waals surface area contributed by atoms with Crippen molar-refractivity contribution in [3.63, 3.8) is 0 Å². The maximum Gasteiger partial charge on any atom is 0.137 e. The van der Waals surface area contributed by atoms with Gasteiger partial charge in [-0.1, -0.05) is 38.1 Å². The lowest BCUT2D eigenvalue weighted by Gasteiger charge is -2.05. The van der Waals surface area contributed by atoms with E-state index in [0.29, 0.717) is 12.3 Å². The third-order valence-corrected chi connectivity index (χ3v) is 2.95. The Morgan fingerprint density at radius 2 is 1.78 bits per heavy atom. The van der Waals surface area contributed by atoms with Gasteiger partial charge in [0.15, 0.2) is 0 Å². The second-order valence-corrected chi connectivity index (χ2v) is 4.92. The van der Waals surface area contributed by atoms with E-state index in [0.717, 1.165) is 17.1 Å². The molecule has 0 saturated carbocycles. The van der Waals surface area contributed by atoms with Gasteiger partial charge in [0.25, 0.3) is 0 Å². The molecule has 1 aromatic carbocycles. The summed E-state index contributed by atoms with van der Waals surface area (Å²) in [7, 11) is 0. The van der Waals surface area contributed by atoms with Gasteiger partial charge in [0.05, 0.1) is 6.42 Å². The number of Topliss-reactive ketones (excluding diaryl/α,β-unsaturated/α-hetero) is 1. The number of benzene rings is 1. The molecule has 0 bridgehead atoms. The molecule has 94 valence electrons. The molecule has 0 fully saturated rings. The first-order valence-electron chi connectivity index (χ1n) is 6.24. The summed E-state index contributed by atoms with van der Waals surface area (Å²) >= 11 is 0. The zero-order valence-electron chi connectivity index (χ0n) is 11.1. The minimum Gasteiger partial charge on any atom is -0.461 e. The number of ketones is 1. The number of hydrogen-bond acceptors (Lipinski definition) is 2. The number of hydrogen-bond donors (Lipinski definition) is 0.